The third-order valence-corrected chi connectivity index (χ3v) is 3.88. The summed E-state index contributed by atoms with van der Waals surface area (Å²) in [5, 5.41) is 10.5. The Kier molecular flexibility index (Phi) is 4.61. The molecular formula is C17H24N2O. The summed E-state index contributed by atoms with van der Waals surface area (Å²) in [6.07, 6.45) is 4.94. The molecular weight excluding hydrogens is 248 g/mol. The molecule has 3 nitrogen and oxygen atoms in total. The molecule has 2 aromatic rings. The number of hydrogen-bond acceptors (Lipinski definition) is 2. The normalized spacial score (nSPS) is 12.7. The fraction of sp³-hybridized carbons (Fsp3) is 0.471. The molecule has 0 amide bonds. The molecule has 1 atom stereocenters. The van der Waals surface area contributed by atoms with E-state index in [0.717, 1.165) is 29.9 Å². The number of aryl methyl sites for hydroxylation is 4. The molecule has 1 unspecified atom stereocenters. The van der Waals surface area contributed by atoms with Gasteiger partial charge in [0, 0.05) is 25.4 Å². The molecule has 0 aliphatic carbocycles. The summed E-state index contributed by atoms with van der Waals surface area (Å²) in [6.45, 7) is 9.35. The summed E-state index contributed by atoms with van der Waals surface area (Å²) < 4.78 is 2.12. The van der Waals surface area contributed by atoms with E-state index in [4.69, 9.17) is 0 Å². The van der Waals surface area contributed by atoms with Gasteiger partial charge in [-0.3, -0.25) is 0 Å². The summed E-state index contributed by atoms with van der Waals surface area (Å²) in [6, 6.07) is 4.24. The van der Waals surface area contributed by atoms with Gasteiger partial charge in [0.1, 0.15) is 5.82 Å². The number of nitrogens with zero attached hydrogens (tertiary/aromatic N) is 2. The van der Waals surface area contributed by atoms with Crippen LogP contribution in [0.1, 0.15) is 47.5 Å². The standard InChI is InChI=1S/C17H24N2O/c1-5-7-19-8-6-18-17(19)11-16(20)15-10-13(3)12(2)9-14(15)4/h6,8-10,16,20H,5,7,11H2,1-4H3. The van der Waals surface area contributed by atoms with E-state index in [1.807, 2.05) is 12.4 Å². The van der Waals surface area contributed by atoms with Crippen molar-refractivity contribution in [2.75, 3.05) is 0 Å². The average molecular weight is 272 g/mol. The van der Waals surface area contributed by atoms with Gasteiger partial charge in [-0.25, -0.2) is 4.98 Å². The summed E-state index contributed by atoms with van der Waals surface area (Å²) in [4.78, 5) is 4.37. The third-order valence-electron chi connectivity index (χ3n) is 3.88. The van der Waals surface area contributed by atoms with Gasteiger partial charge < -0.3 is 9.67 Å². The first-order chi connectivity index (χ1) is 9.52. The van der Waals surface area contributed by atoms with Crippen LogP contribution >= 0.6 is 0 Å². The largest absolute Gasteiger partial charge is 0.388 e. The summed E-state index contributed by atoms with van der Waals surface area (Å²) in [5.74, 6) is 0.956. The predicted molar refractivity (Wildman–Crippen MR) is 81.8 cm³/mol. The van der Waals surface area contributed by atoms with Crippen LogP contribution in [0, 0.1) is 20.8 Å². The molecule has 0 saturated carbocycles. The molecule has 108 valence electrons. The lowest BCUT2D eigenvalue weighted by Gasteiger charge is -2.16. The molecule has 0 spiro atoms. The Bertz CT molecular complexity index is 587. The van der Waals surface area contributed by atoms with Gasteiger partial charge in [-0.1, -0.05) is 19.1 Å². The highest BCUT2D eigenvalue weighted by atomic mass is 16.3. The highest BCUT2D eigenvalue weighted by Crippen LogP contribution is 2.24. The Balaban J connectivity index is 2.21. The van der Waals surface area contributed by atoms with E-state index in [9.17, 15) is 5.11 Å². The minimum Gasteiger partial charge on any atom is -0.388 e. The SMILES string of the molecule is CCCn1ccnc1CC(O)c1cc(C)c(C)cc1C. The topological polar surface area (TPSA) is 38.0 Å². The molecule has 2 rings (SSSR count). The second-order valence-electron chi connectivity index (χ2n) is 5.55. The van der Waals surface area contributed by atoms with Crippen molar-refractivity contribution in [2.45, 2.75) is 53.2 Å². The Morgan fingerprint density at radius 3 is 2.55 bits per heavy atom. The van der Waals surface area contributed by atoms with Crippen molar-refractivity contribution >= 4 is 0 Å². The molecule has 0 saturated heterocycles. The molecule has 20 heavy (non-hydrogen) atoms. The zero-order chi connectivity index (χ0) is 14.7. The molecule has 0 bridgehead atoms. The molecule has 1 heterocycles. The first-order valence-corrected chi connectivity index (χ1v) is 7.28. The lowest BCUT2D eigenvalue weighted by molar-refractivity contribution is 0.173. The summed E-state index contributed by atoms with van der Waals surface area (Å²) >= 11 is 0. The maximum absolute atomic E-state index is 10.5. The summed E-state index contributed by atoms with van der Waals surface area (Å²) in [7, 11) is 0. The number of aliphatic hydroxyl groups excluding tert-OH is 1. The van der Waals surface area contributed by atoms with Crippen molar-refractivity contribution in [3.8, 4) is 0 Å². The van der Waals surface area contributed by atoms with E-state index in [0.29, 0.717) is 6.42 Å². The first-order valence-electron chi connectivity index (χ1n) is 7.28. The van der Waals surface area contributed by atoms with Crippen molar-refractivity contribution in [2.24, 2.45) is 0 Å². The number of rotatable bonds is 5. The Morgan fingerprint density at radius 1 is 1.15 bits per heavy atom. The fourth-order valence-corrected chi connectivity index (χ4v) is 2.60. The van der Waals surface area contributed by atoms with Gasteiger partial charge in [-0.2, -0.15) is 0 Å². The van der Waals surface area contributed by atoms with Crippen LogP contribution in [0.3, 0.4) is 0 Å². The van der Waals surface area contributed by atoms with Gasteiger partial charge in [-0.05, 0) is 49.4 Å². The molecule has 0 radical (unpaired) electrons. The maximum Gasteiger partial charge on any atom is 0.111 e. The molecule has 1 N–H and O–H groups in total. The van der Waals surface area contributed by atoms with Crippen LogP contribution in [0.15, 0.2) is 24.5 Å². The van der Waals surface area contributed by atoms with Crippen molar-refractivity contribution in [3.05, 3.63) is 52.6 Å². The first kappa shape index (κ1) is 14.8. The Labute approximate surface area is 121 Å². The third kappa shape index (κ3) is 3.10. The minimum atomic E-state index is -0.493. The van der Waals surface area contributed by atoms with Crippen LogP contribution < -0.4 is 0 Å². The number of imidazole rings is 1. The van der Waals surface area contributed by atoms with E-state index in [1.54, 1.807) is 0 Å². The van der Waals surface area contributed by atoms with Crippen molar-refractivity contribution in [1.82, 2.24) is 9.55 Å². The lowest BCUT2D eigenvalue weighted by Crippen LogP contribution is -2.10. The van der Waals surface area contributed by atoms with Gasteiger partial charge in [0.2, 0.25) is 0 Å². The highest BCUT2D eigenvalue weighted by Gasteiger charge is 2.15. The number of aliphatic hydroxyl groups is 1. The zero-order valence-corrected chi connectivity index (χ0v) is 12.8. The van der Waals surface area contributed by atoms with Crippen LogP contribution in [0.4, 0.5) is 0 Å². The second kappa shape index (κ2) is 6.23. The smallest absolute Gasteiger partial charge is 0.111 e. The number of hydrogen-bond donors (Lipinski definition) is 1. The minimum absolute atomic E-state index is 0.493. The fourth-order valence-electron chi connectivity index (χ4n) is 2.60. The van der Waals surface area contributed by atoms with E-state index >= 15 is 0 Å². The molecule has 1 aromatic carbocycles. The van der Waals surface area contributed by atoms with Crippen molar-refractivity contribution in [3.63, 3.8) is 0 Å². The average Bonchev–Trinajstić information content (AvgIpc) is 2.81. The van der Waals surface area contributed by atoms with Crippen LogP contribution in [0.2, 0.25) is 0 Å². The maximum atomic E-state index is 10.5. The van der Waals surface area contributed by atoms with Crippen molar-refractivity contribution in [1.29, 1.82) is 0 Å². The predicted octanol–water partition coefficient (Wildman–Crippen LogP) is 3.49. The van der Waals surface area contributed by atoms with E-state index in [1.165, 1.54) is 11.1 Å². The quantitative estimate of drug-likeness (QED) is 0.904. The molecule has 0 aliphatic rings. The van der Waals surface area contributed by atoms with Crippen molar-refractivity contribution < 1.29 is 5.11 Å². The highest BCUT2D eigenvalue weighted by molar-refractivity contribution is 5.37. The molecule has 3 heteroatoms. The number of benzene rings is 1. The van der Waals surface area contributed by atoms with Gasteiger partial charge >= 0.3 is 0 Å². The molecule has 0 fully saturated rings. The van der Waals surface area contributed by atoms with Crippen LogP contribution in [-0.2, 0) is 13.0 Å². The van der Waals surface area contributed by atoms with Crippen LogP contribution in [-0.4, -0.2) is 14.7 Å². The monoisotopic (exact) mass is 272 g/mol. The lowest BCUT2D eigenvalue weighted by atomic mass is 9.95. The Hall–Kier alpha value is -1.61. The zero-order valence-electron chi connectivity index (χ0n) is 12.8. The second-order valence-corrected chi connectivity index (χ2v) is 5.55. The van der Waals surface area contributed by atoms with Gasteiger partial charge in [-0.15, -0.1) is 0 Å². The Morgan fingerprint density at radius 2 is 1.85 bits per heavy atom. The van der Waals surface area contributed by atoms with Crippen LogP contribution in [0.5, 0.6) is 0 Å². The van der Waals surface area contributed by atoms with Gasteiger partial charge in [0.15, 0.2) is 0 Å². The van der Waals surface area contributed by atoms with Gasteiger partial charge in [0.25, 0.3) is 0 Å². The molecule has 0 aliphatic heterocycles. The molecule has 1 aromatic heterocycles. The van der Waals surface area contributed by atoms with Gasteiger partial charge in [0.05, 0.1) is 6.10 Å². The summed E-state index contributed by atoms with van der Waals surface area (Å²) in [5.41, 5.74) is 4.65. The van der Waals surface area contributed by atoms with Crippen LogP contribution in [0.25, 0.3) is 0 Å². The van der Waals surface area contributed by atoms with E-state index in [2.05, 4.69) is 49.4 Å². The number of aromatic nitrogens is 2. The van der Waals surface area contributed by atoms with E-state index in [-0.39, 0.29) is 0 Å². The van der Waals surface area contributed by atoms with E-state index < -0.39 is 6.10 Å².